The Bertz CT molecular complexity index is 654. The van der Waals surface area contributed by atoms with Crippen molar-refractivity contribution >= 4 is 5.91 Å². The minimum absolute atomic E-state index is 0.221. The van der Waals surface area contributed by atoms with Gasteiger partial charge in [0.05, 0.1) is 12.6 Å². The third kappa shape index (κ3) is 3.96. The summed E-state index contributed by atoms with van der Waals surface area (Å²) in [5.41, 5.74) is 1.10. The first-order chi connectivity index (χ1) is 11.8. The second-order valence-electron chi connectivity index (χ2n) is 6.16. The molecule has 1 aromatic heterocycles. The normalized spacial score (nSPS) is 17.7. The number of hydrogen-bond acceptors (Lipinski definition) is 3. The molecule has 2 aromatic rings. The maximum Gasteiger partial charge on any atom is 0.222 e. The van der Waals surface area contributed by atoms with Crippen LogP contribution in [0.5, 0.6) is 5.75 Å². The van der Waals surface area contributed by atoms with Gasteiger partial charge in [0.2, 0.25) is 5.91 Å². The molecule has 0 spiro atoms. The Morgan fingerprint density at radius 2 is 2.21 bits per heavy atom. The molecule has 5 heteroatoms. The van der Waals surface area contributed by atoms with Crippen LogP contribution in [-0.2, 0) is 11.2 Å². The van der Waals surface area contributed by atoms with E-state index in [1.54, 1.807) is 6.20 Å². The third-order valence-electron chi connectivity index (χ3n) is 4.53. The van der Waals surface area contributed by atoms with Crippen LogP contribution in [0.3, 0.4) is 0 Å². The van der Waals surface area contributed by atoms with Gasteiger partial charge in [0, 0.05) is 31.9 Å². The molecule has 1 amide bonds. The first-order valence-corrected chi connectivity index (χ1v) is 8.75. The maximum atomic E-state index is 12.6. The summed E-state index contributed by atoms with van der Waals surface area (Å²) in [5, 5.41) is 4.32. The summed E-state index contributed by atoms with van der Waals surface area (Å²) in [6.45, 7) is 4.23. The minimum atomic E-state index is 0.221. The van der Waals surface area contributed by atoms with Crippen molar-refractivity contribution in [3.63, 3.8) is 0 Å². The van der Waals surface area contributed by atoms with Crippen LogP contribution < -0.4 is 4.74 Å². The Morgan fingerprint density at radius 1 is 1.33 bits per heavy atom. The molecule has 0 bridgehead atoms. The van der Waals surface area contributed by atoms with E-state index in [9.17, 15) is 4.79 Å². The van der Waals surface area contributed by atoms with Crippen LogP contribution in [0.1, 0.15) is 37.8 Å². The Morgan fingerprint density at radius 3 is 3.00 bits per heavy atom. The Labute approximate surface area is 143 Å². The number of carbonyl (C=O) groups excluding carboxylic acids is 1. The van der Waals surface area contributed by atoms with Crippen molar-refractivity contribution in [1.82, 2.24) is 14.7 Å². The average Bonchev–Trinajstić information content (AvgIpc) is 3.16. The summed E-state index contributed by atoms with van der Waals surface area (Å²) < 4.78 is 7.62. The minimum Gasteiger partial charge on any atom is -0.494 e. The van der Waals surface area contributed by atoms with E-state index in [1.165, 1.54) is 0 Å². The van der Waals surface area contributed by atoms with E-state index < -0.39 is 0 Å². The Hall–Kier alpha value is -2.30. The molecule has 24 heavy (non-hydrogen) atoms. The van der Waals surface area contributed by atoms with Gasteiger partial charge in [0.1, 0.15) is 5.75 Å². The molecule has 1 saturated heterocycles. The number of aromatic nitrogens is 2. The molecule has 1 aliphatic heterocycles. The smallest absolute Gasteiger partial charge is 0.222 e. The fraction of sp³-hybridized carbons (Fsp3) is 0.474. The zero-order valence-electron chi connectivity index (χ0n) is 14.2. The highest BCUT2D eigenvalue weighted by Gasteiger charge is 2.24. The van der Waals surface area contributed by atoms with Crippen molar-refractivity contribution < 1.29 is 9.53 Å². The Kier molecular flexibility index (Phi) is 5.51. The lowest BCUT2D eigenvalue weighted by atomic mass is 10.0. The van der Waals surface area contributed by atoms with Gasteiger partial charge < -0.3 is 9.64 Å². The number of likely N-dealkylation sites (tertiary alicyclic amines) is 1. The Balaban J connectivity index is 1.57. The molecule has 0 aliphatic carbocycles. The highest BCUT2D eigenvalue weighted by atomic mass is 16.5. The van der Waals surface area contributed by atoms with Crippen LogP contribution in [0.15, 0.2) is 42.7 Å². The molecule has 3 rings (SSSR count). The van der Waals surface area contributed by atoms with Gasteiger partial charge in [-0.15, -0.1) is 0 Å². The topological polar surface area (TPSA) is 47.4 Å². The molecule has 5 nitrogen and oxygen atoms in total. The van der Waals surface area contributed by atoms with Gasteiger partial charge in [-0.05, 0) is 43.9 Å². The van der Waals surface area contributed by atoms with E-state index in [1.807, 2.05) is 53.0 Å². The summed E-state index contributed by atoms with van der Waals surface area (Å²) in [4.78, 5) is 14.6. The van der Waals surface area contributed by atoms with Crippen LogP contribution in [-0.4, -0.2) is 40.3 Å². The molecular formula is C19H25N3O2. The van der Waals surface area contributed by atoms with E-state index in [2.05, 4.69) is 5.10 Å². The molecule has 1 aromatic carbocycles. The van der Waals surface area contributed by atoms with Gasteiger partial charge in [-0.3, -0.25) is 9.48 Å². The van der Waals surface area contributed by atoms with Crippen molar-refractivity contribution in [1.29, 1.82) is 0 Å². The lowest BCUT2D eigenvalue weighted by Crippen LogP contribution is -2.40. The zero-order valence-corrected chi connectivity index (χ0v) is 14.2. The molecule has 1 fully saturated rings. The number of benzene rings is 1. The van der Waals surface area contributed by atoms with Gasteiger partial charge >= 0.3 is 0 Å². The number of carbonyl (C=O) groups is 1. The fourth-order valence-electron chi connectivity index (χ4n) is 3.30. The number of rotatable bonds is 6. The van der Waals surface area contributed by atoms with Gasteiger partial charge in [-0.2, -0.15) is 5.10 Å². The van der Waals surface area contributed by atoms with Crippen molar-refractivity contribution in [3.8, 4) is 5.75 Å². The van der Waals surface area contributed by atoms with Crippen molar-refractivity contribution in [3.05, 3.63) is 48.3 Å². The number of amides is 1. The maximum absolute atomic E-state index is 12.6. The monoisotopic (exact) mass is 327 g/mol. The molecule has 0 N–H and O–H groups in total. The summed E-state index contributed by atoms with van der Waals surface area (Å²) in [6, 6.07) is 10.2. The molecule has 128 valence electrons. The van der Waals surface area contributed by atoms with Gasteiger partial charge in [0.15, 0.2) is 0 Å². The van der Waals surface area contributed by atoms with Crippen LogP contribution in [0, 0.1) is 0 Å². The van der Waals surface area contributed by atoms with Crippen LogP contribution in [0.2, 0.25) is 0 Å². The SMILES string of the molecule is CCOc1ccccc1CCC(=O)N1CCC[C@@H](n2cccn2)C1. The lowest BCUT2D eigenvalue weighted by Gasteiger charge is -2.33. The fourth-order valence-corrected chi connectivity index (χ4v) is 3.30. The van der Waals surface area contributed by atoms with Crippen molar-refractivity contribution in [2.45, 2.75) is 38.6 Å². The number of para-hydroxylation sites is 1. The molecule has 0 unspecified atom stereocenters. The van der Waals surface area contributed by atoms with Crippen LogP contribution >= 0.6 is 0 Å². The number of nitrogens with zero attached hydrogens (tertiary/aromatic N) is 3. The number of ether oxygens (including phenoxy) is 1. The number of aryl methyl sites for hydroxylation is 1. The predicted octanol–water partition coefficient (Wildman–Crippen LogP) is 3.08. The van der Waals surface area contributed by atoms with Crippen molar-refractivity contribution in [2.24, 2.45) is 0 Å². The van der Waals surface area contributed by atoms with E-state index in [0.717, 1.165) is 43.7 Å². The van der Waals surface area contributed by atoms with Crippen LogP contribution in [0.25, 0.3) is 0 Å². The highest BCUT2D eigenvalue weighted by molar-refractivity contribution is 5.76. The second kappa shape index (κ2) is 7.99. The first kappa shape index (κ1) is 16.6. The van der Waals surface area contributed by atoms with Crippen molar-refractivity contribution in [2.75, 3.05) is 19.7 Å². The highest BCUT2D eigenvalue weighted by Crippen LogP contribution is 2.23. The standard InChI is InChI=1S/C19H25N3O2/c1-2-24-18-9-4-3-7-16(18)10-11-19(23)21-13-5-8-17(15-21)22-14-6-12-20-22/h3-4,6-7,9,12,14,17H,2,5,8,10-11,13,15H2,1H3/t17-/m1/s1. The number of hydrogen-bond donors (Lipinski definition) is 0. The molecular weight excluding hydrogens is 302 g/mol. The first-order valence-electron chi connectivity index (χ1n) is 8.75. The van der Waals surface area contributed by atoms with Gasteiger partial charge in [-0.1, -0.05) is 18.2 Å². The van der Waals surface area contributed by atoms with Crippen LogP contribution in [0.4, 0.5) is 0 Å². The summed E-state index contributed by atoms with van der Waals surface area (Å²) in [7, 11) is 0. The molecule has 1 aliphatic rings. The van der Waals surface area contributed by atoms with Gasteiger partial charge in [-0.25, -0.2) is 0 Å². The third-order valence-corrected chi connectivity index (χ3v) is 4.53. The molecule has 0 radical (unpaired) electrons. The number of piperidine rings is 1. The van der Waals surface area contributed by atoms with E-state index in [-0.39, 0.29) is 5.91 Å². The average molecular weight is 327 g/mol. The summed E-state index contributed by atoms with van der Waals surface area (Å²) >= 11 is 0. The molecule has 0 saturated carbocycles. The molecule has 2 heterocycles. The molecule has 1 atom stereocenters. The predicted molar refractivity (Wildman–Crippen MR) is 93.0 cm³/mol. The van der Waals surface area contributed by atoms with E-state index in [4.69, 9.17) is 4.74 Å². The summed E-state index contributed by atoms with van der Waals surface area (Å²) in [6.07, 6.45) is 7.14. The van der Waals surface area contributed by atoms with E-state index >= 15 is 0 Å². The second-order valence-corrected chi connectivity index (χ2v) is 6.16. The quantitative estimate of drug-likeness (QED) is 0.819. The lowest BCUT2D eigenvalue weighted by molar-refractivity contribution is -0.132. The van der Waals surface area contributed by atoms with Gasteiger partial charge in [0.25, 0.3) is 0 Å². The summed E-state index contributed by atoms with van der Waals surface area (Å²) in [5.74, 6) is 1.11. The zero-order chi connectivity index (χ0) is 16.8. The largest absolute Gasteiger partial charge is 0.494 e. The van der Waals surface area contributed by atoms with E-state index in [0.29, 0.717) is 19.1 Å².